The van der Waals surface area contributed by atoms with Gasteiger partial charge in [0.25, 0.3) is 0 Å². The Kier molecular flexibility index (Phi) is 5.26. The number of rotatable bonds is 7. The van der Waals surface area contributed by atoms with Gasteiger partial charge in [-0.2, -0.15) is 0 Å². The van der Waals surface area contributed by atoms with Gasteiger partial charge in [0.1, 0.15) is 11.9 Å². The summed E-state index contributed by atoms with van der Waals surface area (Å²) in [4.78, 5) is 14.6. The molecule has 1 aromatic heterocycles. The Hall–Kier alpha value is -1.91. The monoisotopic (exact) mass is 313 g/mol. The maximum Gasteiger partial charge on any atom is 0.164 e. The van der Waals surface area contributed by atoms with E-state index in [-0.39, 0.29) is 5.78 Å². The summed E-state index contributed by atoms with van der Waals surface area (Å²) >= 11 is 0. The molecule has 3 rings (SSSR count). The van der Waals surface area contributed by atoms with Crippen molar-refractivity contribution in [3.8, 4) is 0 Å². The molecule has 0 bridgehead atoms. The highest BCUT2D eigenvalue weighted by molar-refractivity contribution is 5.96. The van der Waals surface area contributed by atoms with Crippen LogP contribution in [-0.4, -0.2) is 34.9 Å². The van der Waals surface area contributed by atoms with Gasteiger partial charge >= 0.3 is 0 Å². The van der Waals surface area contributed by atoms with Crippen LogP contribution in [0.2, 0.25) is 0 Å². The van der Waals surface area contributed by atoms with Crippen molar-refractivity contribution in [2.24, 2.45) is 0 Å². The van der Waals surface area contributed by atoms with E-state index in [9.17, 15) is 9.90 Å². The van der Waals surface area contributed by atoms with Crippen LogP contribution in [0.25, 0.3) is 0 Å². The Morgan fingerprint density at radius 2 is 2.09 bits per heavy atom. The minimum Gasteiger partial charge on any atom is -0.467 e. The fourth-order valence-electron chi connectivity index (χ4n) is 3.32. The number of aliphatic hydroxyl groups is 1. The molecule has 2 aromatic rings. The summed E-state index contributed by atoms with van der Waals surface area (Å²) in [5.74, 6) is 0.806. The molecule has 2 unspecified atom stereocenters. The number of hydrogen-bond donors (Lipinski definition) is 1. The Labute approximate surface area is 136 Å². The first-order valence-electron chi connectivity index (χ1n) is 8.28. The molecule has 4 nitrogen and oxygen atoms in total. The zero-order chi connectivity index (χ0) is 16.1. The SMILES string of the molecule is O=C(CCN1CCCC1CC(O)c1ccco1)c1ccccc1. The number of Topliss-reactive ketones (excluding diaryl/α,β-unsaturated/α-hetero) is 1. The quantitative estimate of drug-likeness (QED) is 0.796. The normalized spacial score (nSPS) is 19.8. The molecular formula is C19H23NO3. The first-order chi connectivity index (χ1) is 11.2. The molecule has 4 heteroatoms. The molecule has 0 amide bonds. The van der Waals surface area contributed by atoms with Crippen LogP contribution in [0.5, 0.6) is 0 Å². The largest absolute Gasteiger partial charge is 0.467 e. The number of likely N-dealkylation sites (tertiary alicyclic amines) is 1. The maximum atomic E-state index is 12.2. The lowest BCUT2D eigenvalue weighted by Crippen LogP contribution is -2.32. The molecule has 1 fully saturated rings. The van der Waals surface area contributed by atoms with E-state index in [0.717, 1.165) is 31.5 Å². The highest BCUT2D eigenvalue weighted by atomic mass is 16.4. The second kappa shape index (κ2) is 7.57. The number of aliphatic hydroxyl groups excluding tert-OH is 1. The molecule has 122 valence electrons. The van der Waals surface area contributed by atoms with Gasteiger partial charge in [0.05, 0.1) is 6.26 Å². The van der Waals surface area contributed by atoms with Crippen LogP contribution in [-0.2, 0) is 0 Å². The lowest BCUT2D eigenvalue weighted by atomic mass is 10.0. The zero-order valence-corrected chi connectivity index (χ0v) is 13.2. The van der Waals surface area contributed by atoms with E-state index in [2.05, 4.69) is 4.90 Å². The van der Waals surface area contributed by atoms with Gasteiger partial charge < -0.3 is 9.52 Å². The van der Waals surface area contributed by atoms with Gasteiger partial charge in [0, 0.05) is 24.6 Å². The smallest absolute Gasteiger partial charge is 0.164 e. The van der Waals surface area contributed by atoms with Crippen LogP contribution >= 0.6 is 0 Å². The van der Waals surface area contributed by atoms with Gasteiger partial charge in [-0.3, -0.25) is 9.69 Å². The first kappa shape index (κ1) is 16.0. The van der Waals surface area contributed by atoms with Crippen molar-refractivity contribution in [2.45, 2.75) is 37.8 Å². The summed E-state index contributed by atoms with van der Waals surface area (Å²) in [5, 5.41) is 10.3. The molecule has 0 radical (unpaired) electrons. The van der Waals surface area contributed by atoms with E-state index in [1.165, 1.54) is 0 Å². The minimum absolute atomic E-state index is 0.183. The highest BCUT2D eigenvalue weighted by Gasteiger charge is 2.28. The van der Waals surface area contributed by atoms with E-state index in [4.69, 9.17) is 4.42 Å². The van der Waals surface area contributed by atoms with Crippen molar-refractivity contribution < 1.29 is 14.3 Å². The van der Waals surface area contributed by atoms with E-state index < -0.39 is 6.10 Å². The van der Waals surface area contributed by atoms with Crippen LogP contribution in [0.3, 0.4) is 0 Å². The summed E-state index contributed by atoms with van der Waals surface area (Å²) in [6.07, 6.45) is 4.39. The molecule has 0 saturated carbocycles. The third-order valence-electron chi connectivity index (χ3n) is 4.59. The summed E-state index contributed by atoms with van der Waals surface area (Å²) in [7, 11) is 0. The number of carbonyl (C=O) groups is 1. The third kappa shape index (κ3) is 4.09. The zero-order valence-electron chi connectivity index (χ0n) is 13.2. The third-order valence-corrected chi connectivity index (χ3v) is 4.59. The number of hydrogen-bond acceptors (Lipinski definition) is 4. The van der Waals surface area contributed by atoms with Gasteiger partial charge in [-0.05, 0) is 37.9 Å². The van der Waals surface area contributed by atoms with Crippen LogP contribution in [0, 0.1) is 0 Å². The van der Waals surface area contributed by atoms with Crippen molar-refractivity contribution >= 4 is 5.78 Å². The van der Waals surface area contributed by atoms with Crippen LogP contribution in [0.15, 0.2) is 53.1 Å². The number of carbonyl (C=O) groups excluding carboxylic acids is 1. The summed E-state index contributed by atoms with van der Waals surface area (Å²) in [6, 6.07) is 13.4. The van der Waals surface area contributed by atoms with Crippen LogP contribution in [0.4, 0.5) is 0 Å². The van der Waals surface area contributed by atoms with Crippen LogP contribution < -0.4 is 0 Å². The van der Waals surface area contributed by atoms with Gasteiger partial charge in [0.15, 0.2) is 5.78 Å². The van der Waals surface area contributed by atoms with Crippen molar-refractivity contribution in [3.05, 3.63) is 60.1 Å². The summed E-state index contributed by atoms with van der Waals surface area (Å²) in [5.41, 5.74) is 0.777. The molecule has 1 aromatic carbocycles. The van der Waals surface area contributed by atoms with E-state index in [1.54, 1.807) is 12.3 Å². The van der Waals surface area contributed by atoms with E-state index in [0.29, 0.717) is 24.6 Å². The maximum absolute atomic E-state index is 12.2. The molecule has 1 aliphatic rings. The van der Waals surface area contributed by atoms with Crippen molar-refractivity contribution in [1.29, 1.82) is 0 Å². The summed E-state index contributed by atoms with van der Waals surface area (Å²) < 4.78 is 5.27. The number of nitrogens with zero attached hydrogens (tertiary/aromatic N) is 1. The fourth-order valence-corrected chi connectivity index (χ4v) is 3.32. The molecular weight excluding hydrogens is 290 g/mol. The number of benzene rings is 1. The molecule has 1 aliphatic heterocycles. The lowest BCUT2D eigenvalue weighted by Gasteiger charge is -2.25. The fraction of sp³-hybridized carbons (Fsp3) is 0.421. The van der Waals surface area contributed by atoms with Crippen molar-refractivity contribution in [2.75, 3.05) is 13.1 Å². The summed E-state index contributed by atoms with van der Waals surface area (Å²) in [6.45, 7) is 1.75. The minimum atomic E-state index is -0.569. The number of ketones is 1. The molecule has 23 heavy (non-hydrogen) atoms. The second-order valence-electron chi connectivity index (χ2n) is 6.14. The Morgan fingerprint density at radius 3 is 2.83 bits per heavy atom. The topological polar surface area (TPSA) is 53.7 Å². The predicted octanol–water partition coefficient (Wildman–Crippen LogP) is 3.44. The number of furan rings is 1. The van der Waals surface area contributed by atoms with Gasteiger partial charge in [-0.15, -0.1) is 0 Å². The van der Waals surface area contributed by atoms with E-state index in [1.807, 2.05) is 36.4 Å². The van der Waals surface area contributed by atoms with Gasteiger partial charge in [-0.25, -0.2) is 0 Å². The standard InChI is InChI=1S/C19H23NO3/c21-17(15-6-2-1-3-7-15)10-12-20-11-4-8-16(20)14-18(22)19-9-5-13-23-19/h1-3,5-7,9,13,16,18,22H,4,8,10-12,14H2. The van der Waals surface area contributed by atoms with Gasteiger partial charge in [-0.1, -0.05) is 30.3 Å². The van der Waals surface area contributed by atoms with Crippen molar-refractivity contribution in [3.63, 3.8) is 0 Å². The Morgan fingerprint density at radius 1 is 1.26 bits per heavy atom. The van der Waals surface area contributed by atoms with Crippen LogP contribution in [0.1, 0.15) is 47.9 Å². The Balaban J connectivity index is 1.52. The van der Waals surface area contributed by atoms with E-state index >= 15 is 0 Å². The molecule has 0 spiro atoms. The Bertz CT molecular complexity index is 609. The first-order valence-corrected chi connectivity index (χ1v) is 8.28. The predicted molar refractivity (Wildman–Crippen MR) is 88.3 cm³/mol. The lowest BCUT2D eigenvalue weighted by molar-refractivity contribution is 0.0905. The molecule has 2 atom stereocenters. The molecule has 2 heterocycles. The average molecular weight is 313 g/mol. The molecule has 1 saturated heterocycles. The highest BCUT2D eigenvalue weighted by Crippen LogP contribution is 2.27. The average Bonchev–Trinajstić information content (AvgIpc) is 3.25. The molecule has 0 aliphatic carbocycles. The molecule has 1 N–H and O–H groups in total. The van der Waals surface area contributed by atoms with Crippen molar-refractivity contribution in [1.82, 2.24) is 4.90 Å². The van der Waals surface area contributed by atoms with Gasteiger partial charge in [0.2, 0.25) is 0 Å². The second-order valence-corrected chi connectivity index (χ2v) is 6.14.